The quantitative estimate of drug-likeness (QED) is 0.0821. The van der Waals surface area contributed by atoms with Gasteiger partial charge in [0.25, 0.3) is 17.0 Å². The highest BCUT2D eigenvalue weighted by Crippen LogP contribution is 2.31. The molecule has 4 heterocycles. The maximum Gasteiger partial charge on any atom is 0.357 e. The van der Waals surface area contributed by atoms with Gasteiger partial charge in [0, 0.05) is 58.1 Å². The number of nitrogens with one attached hydrogen (secondary N) is 3. The van der Waals surface area contributed by atoms with E-state index in [9.17, 15) is 33.8 Å². The number of hydrogen-bond donors (Lipinski definition) is 7. The Morgan fingerprint density at radius 1 is 0.642 bits per heavy atom. The number of anilines is 2. The number of aryl methyl sites for hydroxylation is 2. The average Bonchev–Trinajstić information content (AvgIpc) is 3.89. The predicted octanol–water partition coefficient (Wildman–Crippen LogP) is 6.74. The molecule has 0 saturated carbocycles. The van der Waals surface area contributed by atoms with Gasteiger partial charge in [0.05, 0.1) is 54.9 Å². The van der Waals surface area contributed by atoms with Crippen molar-refractivity contribution in [2.45, 2.75) is 13.2 Å². The van der Waals surface area contributed by atoms with Gasteiger partial charge in [-0.15, -0.1) is 0 Å². The number of aliphatic hydroxyl groups is 2. The summed E-state index contributed by atoms with van der Waals surface area (Å²) in [5.74, 6) is -1.33. The van der Waals surface area contributed by atoms with Crippen LogP contribution in [0.15, 0.2) is 143 Å². The summed E-state index contributed by atoms with van der Waals surface area (Å²) in [4.78, 5) is 47.5. The predicted molar refractivity (Wildman–Crippen MR) is 255 cm³/mol. The summed E-state index contributed by atoms with van der Waals surface area (Å²) < 4.78 is 18.7. The molecule has 10 aromatic rings. The molecule has 0 unspecified atom stereocenters. The molecule has 0 radical (unpaired) electrons. The van der Waals surface area contributed by atoms with Gasteiger partial charge in [-0.1, -0.05) is 84.9 Å². The molecule has 10 rings (SSSR count). The molecular formula is C49H43FN10O7. The lowest BCUT2D eigenvalue weighted by Gasteiger charge is -2.12. The lowest BCUT2D eigenvalue weighted by molar-refractivity contribution is 0.0691. The number of para-hydroxylation sites is 2. The first-order valence-corrected chi connectivity index (χ1v) is 20.3. The van der Waals surface area contributed by atoms with Gasteiger partial charge in [0.1, 0.15) is 0 Å². The SMILES string of the molecule is Cn1nc(C(=O)Nc2ccc(-c3n[nH]c(=O)c4ccccc34)c(CO)c2)c2ccccc21.Cn1nc(C(=O)O)c2ccccc21.Nc1ccc(-c2n[nH]c(=O)c3ccccc23)c(CO)c1.[2H]CF. The van der Waals surface area contributed by atoms with E-state index in [0.717, 1.165) is 27.4 Å². The summed E-state index contributed by atoms with van der Waals surface area (Å²) in [6, 6.07) is 39.6. The van der Waals surface area contributed by atoms with E-state index in [1.54, 1.807) is 96.3 Å². The number of carboxylic acids is 1. The Kier molecular flexibility index (Phi) is 13.6. The van der Waals surface area contributed by atoms with Crippen molar-refractivity contribution < 1.29 is 30.7 Å². The molecule has 0 saturated heterocycles. The monoisotopic (exact) mass is 903 g/mol. The lowest BCUT2D eigenvalue weighted by Crippen LogP contribution is -2.14. The molecule has 8 N–H and O–H groups in total. The number of halogens is 1. The van der Waals surface area contributed by atoms with Crippen LogP contribution in [0.25, 0.3) is 65.9 Å². The van der Waals surface area contributed by atoms with Crippen molar-refractivity contribution in [2.24, 2.45) is 14.1 Å². The van der Waals surface area contributed by atoms with Gasteiger partial charge < -0.3 is 26.4 Å². The van der Waals surface area contributed by atoms with E-state index in [0.29, 0.717) is 66.7 Å². The molecule has 1 amide bonds. The normalized spacial score (nSPS) is 10.9. The molecule has 17 nitrogen and oxygen atoms in total. The van der Waals surface area contributed by atoms with Crippen LogP contribution >= 0.6 is 0 Å². The number of fused-ring (bicyclic) bond motifs is 4. The second-order valence-electron chi connectivity index (χ2n) is 14.7. The third kappa shape index (κ3) is 9.51. The molecule has 0 aliphatic carbocycles. The van der Waals surface area contributed by atoms with Gasteiger partial charge in [-0.25, -0.2) is 15.0 Å². The Balaban J connectivity index is 0.000000161. The molecule has 0 aliphatic rings. The number of carbonyl (C=O) groups is 2. The van der Waals surface area contributed by atoms with E-state index in [1.807, 2.05) is 60.7 Å². The highest BCUT2D eigenvalue weighted by atomic mass is 19.1. The van der Waals surface area contributed by atoms with Gasteiger partial charge in [0.15, 0.2) is 11.4 Å². The van der Waals surface area contributed by atoms with Crippen LogP contribution in [0.2, 0.25) is 0 Å². The van der Waals surface area contributed by atoms with Crippen LogP contribution in [-0.4, -0.2) is 74.3 Å². The van der Waals surface area contributed by atoms with E-state index in [2.05, 4.69) is 35.9 Å². The second-order valence-corrected chi connectivity index (χ2v) is 14.7. The number of aromatic nitrogens is 8. The maximum atomic E-state index is 12.9. The average molecular weight is 904 g/mol. The van der Waals surface area contributed by atoms with Gasteiger partial charge in [0.2, 0.25) is 0 Å². The number of hydrogen-bond acceptors (Lipinski definition) is 11. The van der Waals surface area contributed by atoms with Crippen LogP contribution in [0.3, 0.4) is 0 Å². The second kappa shape index (κ2) is 20.3. The van der Waals surface area contributed by atoms with E-state index in [4.69, 9.17) is 12.2 Å². The Labute approximate surface area is 381 Å². The summed E-state index contributed by atoms with van der Waals surface area (Å²) in [5, 5.41) is 56.7. The number of aromatic carboxylic acids is 1. The van der Waals surface area contributed by atoms with E-state index in [1.165, 1.54) is 0 Å². The van der Waals surface area contributed by atoms with Crippen molar-refractivity contribution in [1.29, 1.82) is 0 Å². The summed E-state index contributed by atoms with van der Waals surface area (Å²) in [6.45, 7) is -0.407. The summed E-state index contributed by atoms with van der Waals surface area (Å²) in [5.41, 5.74) is 12.3. The lowest BCUT2D eigenvalue weighted by atomic mass is 9.99. The number of alkyl halides is 1. The number of benzene rings is 6. The van der Waals surface area contributed by atoms with Crippen molar-refractivity contribution in [3.05, 3.63) is 177 Å². The molecule has 6 aromatic carbocycles. The molecule has 4 aromatic heterocycles. The first-order chi connectivity index (χ1) is 32.9. The summed E-state index contributed by atoms with van der Waals surface area (Å²) in [7, 11) is 2.52. The number of H-pyrrole nitrogens is 2. The summed E-state index contributed by atoms with van der Waals surface area (Å²) >= 11 is 0. The largest absolute Gasteiger partial charge is 0.476 e. The zero-order valence-electron chi connectivity index (χ0n) is 36.9. The number of rotatable bonds is 7. The van der Waals surface area contributed by atoms with Gasteiger partial charge in [-0.2, -0.15) is 20.4 Å². The van der Waals surface area contributed by atoms with Crippen molar-refractivity contribution in [2.75, 3.05) is 18.2 Å². The zero-order valence-corrected chi connectivity index (χ0v) is 35.9. The number of nitrogen functional groups attached to an aromatic ring is 1. The maximum absolute atomic E-state index is 12.9. The molecule has 67 heavy (non-hydrogen) atoms. The number of carbonyl (C=O) groups excluding carboxylic acids is 1. The summed E-state index contributed by atoms with van der Waals surface area (Å²) in [6.07, 6.45) is 0. The van der Waals surface area contributed by atoms with E-state index in [-0.39, 0.29) is 35.9 Å². The number of nitrogens with two attached hydrogens (primary N) is 1. The van der Waals surface area contributed by atoms with Crippen LogP contribution < -0.4 is 22.2 Å². The smallest absolute Gasteiger partial charge is 0.357 e. The van der Waals surface area contributed by atoms with Crippen LogP contribution in [0.5, 0.6) is 0 Å². The number of nitrogens with zero attached hydrogens (tertiary/aromatic N) is 6. The Morgan fingerprint density at radius 3 is 1.55 bits per heavy atom. The topological polar surface area (TPSA) is 260 Å². The van der Waals surface area contributed by atoms with Crippen molar-refractivity contribution >= 4 is 66.6 Å². The van der Waals surface area contributed by atoms with Gasteiger partial charge in [-0.3, -0.25) is 28.1 Å². The van der Waals surface area contributed by atoms with Gasteiger partial charge in [-0.05, 0) is 59.7 Å². The fourth-order valence-corrected chi connectivity index (χ4v) is 7.59. The molecule has 0 bridgehead atoms. The molecule has 0 atom stereocenters. The van der Waals surface area contributed by atoms with Crippen LogP contribution in [0, 0.1) is 0 Å². The third-order valence-corrected chi connectivity index (χ3v) is 10.7. The Morgan fingerprint density at radius 2 is 1.06 bits per heavy atom. The highest BCUT2D eigenvalue weighted by molar-refractivity contribution is 6.11. The minimum Gasteiger partial charge on any atom is -0.476 e. The fourth-order valence-electron chi connectivity index (χ4n) is 7.59. The third-order valence-electron chi connectivity index (χ3n) is 10.7. The van der Waals surface area contributed by atoms with Crippen LogP contribution in [0.4, 0.5) is 15.8 Å². The van der Waals surface area contributed by atoms with Crippen LogP contribution in [-0.2, 0) is 27.3 Å². The van der Waals surface area contributed by atoms with Crippen molar-refractivity contribution in [3.8, 4) is 22.5 Å². The van der Waals surface area contributed by atoms with Crippen molar-refractivity contribution in [3.63, 3.8) is 0 Å². The molecule has 0 spiro atoms. The Bertz CT molecular complexity index is 3590. The Hall–Kier alpha value is -8.87. The van der Waals surface area contributed by atoms with E-state index < -0.39 is 13.1 Å². The first-order valence-electron chi connectivity index (χ1n) is 21.0. The molecule has 338 valence electrons. The van der Waals surface area contributed by atoms with E-state index >= 15 is 0 Å². The molecule has 18 heteroatoms. The first kappa shape index (κ1) is 44.7. The number of amides is 1. The standard InChI is InChI=1S/C24H19N5O3.C15H13N3O2.C9H8N2O2.CH3F/c1-29-20-9-5-4-8-19(20)22(28-29)24(32)25-15-10-11-16(14(12-15)13-30)21-17-6-2-3-7-18(17)23(31)27-26-21;16-10-5-6-11(9(7-10)8-19)14-12-3-1-2-4-13(12)15(20)18-17-14;1-11-7-5-3-2-4-6(7)8(10-11)9(12)13;1-2/h2-12,30H,13H2,1H3,(H,25,32)(H,27,31);1-7,19H,8,16H2,(H,18,20);2-5H,1H3,(H,12,13);1H3/i;;;1D. The highest BCUT2D eigenvalue weighted by Gasteiger charge is 2.19. The van der Waals surface area contributed by atoms with Gasteiger partial charge >= 0.3 is 5.97 Å². The van der Waals surface area contributed by atoms with Crippen molar-refractivity contribution in [1.82, 2.24) is 40.0 Å². The van der Waals surface area contributed by atoms with Crippen LogP contribution in [0.1, 0.15) is 33.5 Å². The fraction of sp³-hybridized carbons (Fsp3) is 0.102. The molecular weight excluding hydrogens is 860 g/mol. The number of carboxylic acid groups (broad SMARTS) is 1. The molecule has 0 aliphatic heterocycles. The zero-order chi connectivity index (χ0) is 48.5. The number of aromatic amines is 2. The minimum atomic E-state index is -1.00. The minimum absolute atomic E-state index is 0.109. The molecule has 0 fully saturated rings. The number of aliphatic hydroxyl groups excluding tert-OH is 2.